The summed E-state index contributed by atoms with van der Waals surface area (Å²) >= 11 is 6.55. The molecule has 2 heterocycles. The molecule has 0 bridgehead atoms. The molecule has 1 aromatic heterocycles. The quantitative estimate of drug-likeness (QED) is 0.265. The number of hydrogen-bond acceptors (Lipinski definition) is 6. The van der Waals surface area contributed by atoms with Gasteiger partial charge in [0.25, 0.3) is 5.91 Å². The summed E-state index contributed by atoms with van der Waals surface area (Å²) in [5.74, 6) is 0.191. The lowest BCUT2D eigenvalue weighted by atomic mass is 10.1. The summed E-state index contributed by atoms with van der Waals surface area (Å²) in [6.07, 6.45) is 1.65. The minimum Gasteiger partial charge on any atom is -0.462 e. The van der Waals surface area contributed by atoms with Crippen molar-refractivity contribution in [3.8, 4) is 11.3 Å². The summed E-state index contributed by atoms with van der Waals surface area (Å²) in [4.78, 5) is 26.5. The Balaban J connectivity index is 1.48. The number of halogens is 1. The molecule has 1 amide bonds. The van der Waals surface area contributed by atoms with E-state index >= 15 is 0 Å². The molecule has 0 atom stereocenters. The van der Waals surface area contributed by atoms with Gasteiger partial charge in [0.15, 0.2) is 0 Å². The van der Waals surface area contributed by atoms with Gasteiger partial charge < -0.3 is 9.15 Å². The van der Waals surface area contributed by atoms with E-state index in [4.69, 9.17) is 21.4 Å². The van der Waals surface area contributed by atoms with Gasteiger partial charge in [-0.25, -0.2) is 9.18 Å². The minimum absolute atomic E-state index is 0.221. The highest BCUT2D eigenvalue weighted by molar-refractivity contribution is 8.26. The number of thiocarbonyl (C=S) groups is 1. The van der Waals surface area contributed by atoms with Crippen LogP contribution < -0.4 is 0 Å². The summed E-state index contributed by atoms with van der Waals surface area (Å²) in [5, 5.41) is 0. The predicted octanol–water partition coefficient (Wildman–Crippen LogP) is 5.66. The molecule has 0 saturated carbocycles. The molecule has 8 heteroatoms. The van der Waals surface area contributed by atoms with Crippen LogP contribution in [0.4, 0.5) is 4.39 Å². The van der Waals surface area contributed by atoms with Crippen molar-refractivity contribution in [1.82, 2.24) is 4.90 Å². The van der Waals surface area contributed by atoms with E-state index in [0.717, 1.165) is 11.1 Å². The standard InChI is InChI=1S/C24H18FNO4S2/c1-2-29-23(28)17-7-5-16(6-8-17)20-12-11-19(30-20)13-21-22(27)26(24(31)32-21)14-15-3-9-18(25)10-4-15/h3-13H,2,14H2,1H3/b21-13-. The van der Waals surface area contributed by atoms with Gasteiger partial charge in [-0.2, -0.15) is 0 Å². The van der Waals surface area contributed by atoms with E-state index in [9.17, 15) is 14.0 Å². The van der Waals surface area contributed by atoms with Crippen LogP contribution in [0, 0.1) is 5.82 Å². The van der Waals surface area contributed by atoms with Crippen LogP contribution in [0.1, 0.15) is 28.6 Å². The van der Waals surface area contributed by atoms with Crippen LogP contribution in [0.15, 0.2) is 70.0 Å². The fraction of sp³-hybridized carbons (Fsp3) is 0.125. The second kappa shape index (κ2) is 9.50. The molecular formula is C24H18FNO4S2. The molecule has 0 aliphatic carbocycles. The molecule has 1 fully saturated rings. The van der Waals surface area contributed by atoms with E-state index in [0.29, 0.717) is 32.9 Å². The van der Waals surface area contributed by atoms with Crippen molar-refractivity contribution in [2.75, 3.05) is 6.61 Å². The first-order valence-corrected chi connectivity index (χ1v) is 11.0. The molecule has 1 saturated heterocycles. The molecule has 3 aromatic rings. The summed E-state index contributed by atoms with van der Waals surface area (Å²) in [6.45, 7) is 2.35. The van der Waals surface area contributed by atoms with E-state index < -0.39 is 0 Å². The van der Waals surface area contributed by atoms with Crippen LogP contribution in [-0.4, -0.2) is 27.7 Å². The van der Waals surface area contributed by atoms with Gasteiger partial charge >= 0.3 is 5.97 Å². The van der Waals surface area contributed by atoms with E-state index in [-0.39, 0.29) is 24.2 Å². The van der Waals surface area contributed by atoms with Gasteiger partial charge in [-0.15, -0.1) is 0 Å². The first-order valence-electron chi connectivity index (χ1n) is 9.82. The number of hydrogen-bond donors (Lipinski definition) is 0. The van der Waals surface area contributed by atoms with Crippen molar-refractivity contribution < 1.29 is 23.1 Å². The fourth-order valence-electron chi connectivity index (χ4n) is 3.11. The van der Waals surface area contributed by atoms with Crippen molar-refractivity contribution in [1.29, 1.82) is 0 Å². The molecule has 4 rings (SSSR count). The summed E-state index contributed by atoms with van der Waals surface area (Å²) in [5.41, 5.74) is 2.05. The van der Waals surface area contributed by atoms with Crippen molar-refractivity contribution in [2.24, 2.45) is 0 Å². The Labute approximate surface area is 193 Å². The highest BCUT2D eigenvalue weighted by atomic mass is 32.2. The second-order valence-corrected chi connectivity index (χ2v) is 8.57. The van der Waals surface area contributed by atoms with Crippen LogP contribution in [0.3, 0.4) is 0 Å². The number of ether oxygens (including phenoxy) is 1. The van der Waals surface area contributed by atoms with Crippen LogP contribution in [0.25, 0.3) is 17.4 Å². The van der Waals surface area contributed by atoms with Crippen molar-refractivity contribution in [2.45, 2.75) is 13.5 Å². The maximum absolute atomic E-state index is 13.1. The zero-order valence-corrected chi connectivity index (χ0v) is 18.7. The maximum Gasteiger partial charge on any atom is 0.338 e. The van der Waals surface area contributed by atoms with Crippen LogP contribution in [0.2, 0.25) is 0 Å². The smallest absolute Gasteiger partial charge is 0.338 e. The second-order valence-electron chi connectivity index (χ2n) is 6.89. The third-order valence-electron chi connectivity index (χ3n) is 4.71. The average Bonchev–Trinajstić information content (AvgIpc) is 3.36. The molecule has 2 aromatic carbocycles. The van der Waals surface area contributed by atoms with Crippen LogP contribution in [0.5, 0.6) is 0 Å². The van der Waals surface area contributed by atoms with E-state index in [1.54, 1.807) is 61.5 Å². The van der Waals surface area contributed by atoms with Gasteiger partial charge in [0.05, 0.1) is 23.6 Å². The van der Waals surface area contributed by atoms with E-state index in [1.165, 1.54) is 28.8 Å². The Morgan fingerprint density at radius 3 is 2.53 bits per heavy atom. The number of nitrogens with zero attached hydrogens (tertiary/aromatic N) is 1. The molecule has 162 valence electrons. The Bertz CT molecular complexity index is 1200. The number of esters is 1. The highest BCUT2D eigenvalue weighted by Crippen LogP contribution is 2.34. The number of rotatable bonds is 6. The fourth-order valence-corrected chi connectivity index (χ4v) is 4.34. The number of furan rings is 1. The number of carbonyl (C=O) groups excluding carboxylic acids is 2. The van der Waals surface area contributed by atoms with Crippen LogP contribution in [-0.2, 0) is 16.1 Å². The SMILES string of the molecule is CCOC(=O)c1ccc(-c2ccc(/C=C3\SC(=S)N(Cc4ccc(F)cc4)C3=O)o2)cc1. The molecule has 1 aliphatic rings. The normalized spacial score (nSPS) is 14.9. The molecule has 5 nitrogen and oxygen atoms in total. The Morgan fingerprint density at radius 1 is 1.12 bits per heavy atom. The Kier molecular flexibility index (Phi) is 6.53. The zero-order valence-electron chi connectivity index (χ0n) is 17.0. The predicted molar refractivity (Wildman–Crippen MR) is 125 cm³/mol. The van der Waals surface area contributed by atoms with E-state index in [1.807, 2.05) is 0 Å². The molecule has 0 radical (unpaired) electrons. The average molecular weight is 468 g/mol. The third-order valence-corrected chi connectivity index (χ3v) is 6.09. The molecule has 0 spiro atoms. The number of benzene rings is 2. The topological polar surface area (TPSA) is 59.8 Å². The van der Waals surface area contributed by atoms with Gasteiger partial charge in [-0.3, -0.25) is 9.69 Å². The first-order chi connectivity index (χ1) is 15.4. The molecule has 1 aliphatic heterocycles. The lowest BCUT2D eigenvalue weighted by molar-refractivity contribution is -0.122. The van der Waals surface area contributed by atoms with E-state index in [2.05, 4.69) is 0 Å². The van der Waals surface area contributed by atoms with Gasteiger partial charge in [0.2, 0.25) is 0 Å². The monoisotopic (exact) mass is 467 g/mol. The number of carbonyl (C=O) groups is 2. The molecular weight excluding hydrogens is 449 g/mol. The number of amides is 1. The maximum atomic E-state index is 13.1. The molecule has 32 heavy (non-hydrogen) atoms. The Morgan fingerprint density at radius 2 is 1.84 bits per heavy atom. The van der Waals surface area contributed by atoms with Gasteiger partial charge in [0.1, 0.15) is 21.7 Å². The number of thioether (sulfide) groups is 1. The third kappa shape index (κ3) is 4.81. The van der Waals surface area contributed by atoms with Crippen LogP contribution >= 0.6 is 24.0 Å². The largest absolute Gasteiger partial charge is 0.462 e. The summed E-state index contributed by atoms with van der Waals surface area (Å²) in [6, 6.07) is 16.4. The summed E-state index contributed by atoms with van der Waals surface area (Å²) < 4.78 is 24.4. The Hall–Kier alpha value is -3.23. The highest BCUT2D eigenvalue weighted by Gasteiger charge is 2.32. The summed E-state index contributed by atoms with van der Waals surface area (Å²) in [7, 11) is 0. The molecule has 0 unspecified atom stereocenters. The van der Waals surface area contributed by atoms with Crippen molar-refractivity contribution in [3.63, 3.8) is 0 Å². The molecule has 0 N–H and O–H groups in total. The van der Waals surface area contributed by atoms with Crippen molar-refractivity contribution >= 4 is 46.3 Å². The van der Waals surface area contributed by atoms with Gasteiger partial charge in [0, 0.05) is 11.6 Å². The van der Waals surface area contributed by atoms with Crippen molar-refractivity contribution in [3.05, 3.63) is 88.3 Å². The lowest BCUT2D eigenvalue weighted by Crippen LogP contribution is -2.27. The zero-order chi connectivity index (χ0) is 22.7. The lowest BCUT2D eigenvalue weighted by Gasteiger charge is -2.14. The minimum atomic E-state index is -0.373. The van der Waals surface area contributed by atoms with Gasteiger partial charge in [-0.1, -0.05) is 48.2 Å². The first kappa shape index (κ1) is 22.0. The van der Waals surface area contributed by atoms with Gasteiger partial charge in [-0.05, 0) is 48.9 Å².